The maximum atomic E-state index is 14.3. The predicted octanol–water partition coefficient (Wildman–Crippen LogP) is 6.02. The standard InChI is InChI=1S/C43H68BrNO11/c1-10-30-19-25(2)18-26(3)20-35(53-8)38-36(54-9)21-28(5)43(51,56-38)39(48)40(49)45-17-12-11-15-32(45)41(50)55-37(29(6)33(46)22-34(30)47)27(4)23-42(44)16-13-14-31(24-42)52-7/h19,23,26,28-33,35-38,46,51H,10-18,20-22,24H2,1-9H3. The highest BCUT2D eigenvalue weighted by Crippen LogP contribution is 2.41. The fourth-order valence-electron chi connectivity index (χ4n) is 9.40. The number of allylic oxidation sites excluding steroid dienone is 3. The number of amides is 1. The molecule has 13 heteroatoms. The molecule has 3 aliphatic heterocycles. The monoisotopic (exact) mass is 853 g/mol. The SMILES string of the molecule is CCC1C=C(C)CC(C)CC(OC)C2OC(O)(C(=O)C(=O)N3CCCCC3C(=O)OC(C(C)=CC3(Br)CCCC(OC)C3)C(C)C(O)CC1=O)C(C)CC2OC. The van der Waals surface area contributed by atoms with Gasteiger partial charge in [0, 0.05) is 56.4 Å². The maximum absolute atomic E-state index is 14.3. The molecule has 318 valence electrons. The van der Waals surface area contributed by atoms with Crippen molar-refractivity contribution in [2.45, 2.75) is 171 Å². The molecule has 3 fully saturated rings. The molecule has 3 heterocycles. The lowest BCUT2D eigenvalue weighted by Crippen LogP contribution is -2.64. The number of carbonyl (C=O) groups is 4. The molecule has 2 N–H and O–H groups in total. The number of ketones is 2. The normalized spacial score (nSPS) is 40.6. The molecule has 0 radical (unpaired) electrons. The second-order valence-electron chi connectivity index (χ2n) is 17.2. The molecule has 13 atom stereocenters. The first-order valence-corrected chi connectivity index (χ1v) is 21.5. The first-order chi connectivity index (χ1) is 26.4. The zero-order valence-electron chi connectivity index (χ0n) is 35.1. The third-order valence-corrected chi connectivity index (χ3v) is 13.7. The average molecular weight is 855 g/mol. The van der Waals surface area contributed by atoms with Crippen molar-refractivity contribution >= 4 is 39.4 Å². The van der Waals surface area contributed by atoms with Gasteiger partial charge in [-0.25, -0.2) is 4.79 Å². The number of cyclic esters (lactones) is 1. The maximum Gasteiger partial charge on any atom is 0.329 e. The lowest BCUT2D eigenvalue weighted by molar-refractivity contribution is -0.302. The third kappa shape index (κ3) is 11.0. The number of hydrogen-bond acceptors (Lipinski definition) is 11. The lowest BCUT2D eigenvalue weighted by atomic mass is 9.82. The number of nitrogens with zero attached hydrogens (tertiary/aromatic N) is 1. The van der Waals surface area contributed by atoms with Crippen LogP contribution in [0, 0.1) is 23.7 Å². The van der Waals surface area contributed by atoms with Gasteiger partial charge in [0.1, 0.15) is 24.0 Å². The summed E-state index contributed by atoms with van der Waals surface area (Å²) in [7, 11) is 4.77. The van der Waals surface area contributed by atoms with Crippen LogP contribution in [0.2, 0.25) is 0 Å². The Morgan fingerprint density at radius 2 is 1.68 bits per heavy atom. The Morgan fingerprint density at radius 3 is 2.32 bits per heavy atom. The largest absolute Gasteiger partial charge is 0.456 e. The van der Waals surface area contributed by atoms with E-state index in [1.807, 2.05) is 32.9 Å². The molecule has 0 aromatic carbocycles. The third-order valence-electron chi connectivity index (χ3n) is 12.8. The van der Waals surface area contributed by atoms with Crippen molar-refractivity contribution < 1.29 is 53.1 Å². The Morgan fingerprint density at radius 1 is 1.00 bits per heavy atom. The lowest BCUT2D eigenvalue weighted by Gasteiger charge is -2.47. The van der Waals surface area contributed by atoms with Crippen LogP contribution in [-0.4, -0.2) is 119 Å². The van der Waals surface area contributed by atoms with Crippen LogP contribution in [0.5, 0.6) is 0 Å². The minimum Gasteiger partial charge on any atom is -0.456 e. The number of methoxy groups -OCH3 is 3. The molecular formula is C43H68BrNO11. The van der Waals surface area contributed by atoms with E-state index in [0.717, 1.165) is 24.8 Å². The number of alkyl halides is 1. The van der Waals surface area contributed by atoms with Gasteiger partial charge in [0.15, 0.2) is 0 Å². The van der Waals surface area contributed by atoms with E-state index >= 15 is 0 Å². The van der Waals surface area contributed by atoms with Crippen LogP contribution in [0.1, 0.15) is 119 Å². The quantitative estimate of drug-likeness (QED) is 0.139. The number of aliphatic hydroxyl groups is 2. The Kier molecular flexibility index (Phi) is 16.9. The van der Waals surface area contributed by atoms with Crippen LogP contribution in [0.4, 0.5) is 0 Å². The zero-order chi connectivity index (χ0) is 41.5. The van der Waals surface area contributed by atoms with Crippen LogP contribution in [-0.2, 0) is 42.9 Å². The topological polar surface area (TPSA) is 158 Å². The van der Waals surface area contributed by atoms with Gasteiger partial charge in [-0.1, -0.05) is 61.4 Å². The Labute approximate surface area is 342 Å². The summed E-state index contributed by atoms with van der Waals surface area (Å²) in [5.41, 5.74) is 1.70. The molecule has 13 unspecified atom stereocenters. The van der Waals surface area contributed by atoms with Crippen molar-refractivity contribution in [3.63, 3.8) is 0 Å². The van der Waals surface area contributed by atoms with Gasteiger partial charge in [-0.2, -0.15) is 0 Å². The van der Waals surface area contributed by atoms with Crippen LogP contribution >= 0.6 is 15.9 Å². The van der Waals surface area contributed by atoms with Gasteiger partial charge in [0.05, 0.1) is 24.4 Å². The second-order valence-corrected chi connectivity index (χ2v) is 18.8. The summed E-state index contributed by atoms with van der Waals surface area (Å²) >= 11 is 3.94. The van der Waals surface area contributed by atoms with Gasteiger partial charge in [0.2, 0.25) is 5.79 Å². The van der Waals surface area contributed by atoms with Crippen LogP contribution < -0.4 is 0 Å². The van der Waals surface area contributed by atoms with Gasteiger partial charge >= 0.3 is 5.97 Å². The van der Waals surface area contributed by atoms with E-state index in [1.165, 1.54) is 19.1 Å². The molecule has 2 saturated heterocycles. The summed E-state index contributed by atoms with van der Waals surface area (Å²) in [6.07, 6.45) is 6.53. The Balaban J connectivity index is 1.78. The number of fused-ring (bicyclic) bond motifs is 3. The highest BCUT2D eigenvalue weighted by atomic mass is 79.9. The molecule has 0 spiro atoms. The number of hydrogen-bond donors (Lipinski definition) is 2. The number of Topliss-reactive ketones (excluding diaryl/α,β-unsaturated/α-hetero) is 2. The molecule has 4 aliphatic rings. The summed E-state index contributed by atoms with van der Waals surface area (Å²) in [4.78, 5) is 57.8. The molecule has 0 aromatic heterocycles. The summed E-state index contributed by atoms with van der Waals surface area (Å²) in [5.74, 6) is -7.37. The molecular weight excluding hydrogens is 786 g/mol. The van der Waals surface area contributed by atoms with E-state index in [0.29, 0.717) is 44.1 Å². The van der Waals surface area contributed by atoms with Crippen molar-refractivity contribution in [1.82, 2.24) is 4.90 Å². The minimum absolute atomic E-state index is 0.0447. The van der Waals surface area contributed by atoms with E-state index in [2.05, 4.69) is 22.9 Å². The van der Waals surface area contributed by atoms with Crippen molar-refractivity contribution in [3.05, 3.63) is 23.3 Å². The molecule has 1 aliphatic carbocycles. The van der Waals surface area contributed by atoms with Gasteiger partial charge < -0.3 is 38.8 Å². The first kappa shape index (κ1) is 46.7. The fourth-order valence-corrected chi connectivity index (χ4v) is 10.4. The molecule has 12 nitrogen and oxygen atoms in total. The van der Waals surface area contributed by atoms with E-state index in [-0.39, 0.29) is 43.6 Å². The summed E-state index contributed by atoms with van der Waals surface area (Å²) in [6.45, 7) is 11.4. The Hall–Kier alpha value is -2.00. The average Bonchev–Trinajstić information content (AvgIpc) is 3.17. The summed E-state index contributed by atoms with van der Waals surface area (Å²) in [6, 6.07) is -1.11. The zero-order valence-corrected chi connectivity index (χ0v) is 36.7. The number of aliphatic hydroxyl groups excluding tert-OH is 1. The molecule has 56 heavy (non-hydrogen) atoms. The molecule has 2 bridgehead atoms. The number of piperidine rings is 1. The molecule has 1 saturated carbocycles. The van der Waals surface area contributed by atoms with Crippen molar-refractivity contribution in [2.75, 3.05) is 27.9 Å². The minimum atomic E-state index is -2.49. The van der Waals surface area contributed by atoms with Crippen molar-refractivity contribution in [3.8, 4) is 0 Å². The number of rotatable bonds is 6. The van der Waals surface area contributed by atoms with Gasteiger partial charge in [-0.15, -0.1) is 0 Å². The van der Waals surface area contributed by atoms with Crippen LogP contribution in [0.3, 0.4) is 0 Å². The number of halogens is 1. The van der Waals surface area contributed by atoms with E-state index in [9.17, 15) is 29.4 Å². The van der Waals surface area contributed by atoms with E-state index < -0.39 is 82.1 Å². The fraction of sp³-hybridized carbons (Fsp3) is 0.814. The second kappa shape index (κ2) is 20.3. The van der Waals surface area contributed by atoms with Gasteiger partial charge in [-0.3, -0.25) is 14.4 Å². The highest BCUT2D eigenvalue weighted by Gasteiger charge is 2.56. The molecule has 0 aromatic rings. The smallest absolute Gasteiger partial charge is 0.329 e. The predicted molar refractivity (Wildman–Crippen MR) is 215 cm³/mol. The van der Waals surface area contributed by atoms with Crippen molar-refractivity contribution in [2.24, 2.45) is 23.7 Å². The summed E-state index contributed by atoms with van der Waals surface area (Å²) in [5, 5.41) is 23.7. The number of ether oxygens (including phenoxy) is 5. The van der Waals surface area contributed by atoms with E-state index in [1.54, 1.807) is 21.0 Å². The van der Waals surface area contributed by atoms with Gasteiger partial charge in [-0.05, 0) is 96.0 Å². The Bertz CT molecular complexity index is 1450. The highest BCUT2D eigenvalue weighted by molar-refractivity contribution is 9.10. The molecule has 4 rings (SSSR count). The van der Waals surface area contributed by atoms with Crippen LogP contribution in [0.15, 0.2) is 23.3 Å². The van der Waals surface area contributed by atoms with Crippen LogP contribution in [0.25, 0.3) is 0 Å². The van der Waals surface area contributed by atoms with E-state index in [4.69, 9.17) is 23.7 Å². The first-order valence-electron chi connectivity index (χ1n) is 20.7. The summed E-state index contributed by atoms with van der Waals surface area (Å²) < 4.78 is 29.5. The molecule has 1 amide bonds. The van der Waals surface area contributed by atoms with Gasteiger partial charge in [0.25, 0.3) is 11.7 Å². The van der Waals surface area contributed by atoms with Crippen molar-refractivity contribution in [1.29, 1.82) is 0 Å². The number of carbonyl (C=O) groups excluding carboxylic acids is 4. The number of esters is 1.